The van der Waals surface area contributed by atoms with Crippen LogP contribution in [0.1, 0.15) is 33.7 Å². The number of carbonyl (C=O) groups excluding carboxylic acids is 1. The quantitative estimate of drug-likeness (QED) is 0.703. The lowest BCUT2D eigenvalue weighted by atomic mass is 10.1. The molecule has 0 aromatic carbocycles. The minimum atomic E-state index is -0.515. The first kappa shape index (κ1) is 11.4. The number of carbonyl (C=O) groups is 1. The van der Waals surface area contributed by atoms with Crippen LogP contribution in [0.2, 0.25) is 0 Å². The molecule has 0 aliphatic heterocycles. The molecule has 0 saturated carbocycles. The molecular formula is C8H16N6O. The monoisotopic (exact) mass is 212 g/mol. The molecule has 15 heavy (non-hydrogen) atoms. The summed E-state index contributed by atoms with van der Waals surface area (Å²) in [5.74, 6) is -0.0342. The number of nitrogens with zero attached hydrogens (tertiary/aromatic N) is 4. The Kier molecular flexibility index (Phi) is 2.92. The Labute approximate surface area is 88.0 Å². The number of amides is 1. The van der Waals surface area contributed by atoms with Crippen molar-refractivity contribution >= 4 is 11.9 Å². The lowest BCUT2D eigenvalue weighted by molar-refractivity contribution is -0.125. The van der Waals surface area contributed by atoms with Crippen molar-refractivity contribution in [3.63, 3.8) is 0 Å². The van der Waals surface area contributed by atoms with E-state index in [0.29, 0.717) is 0 Å². The van der Waals surface area contributed by atoms with E-state index in [1.54, 1.807) is 6.92 Å². The van der Waals surface area contributed by atoms with E-state index >= 15 is 0 Å². The summed E-state index contributed by atoms with van der Waals surface area (Å²) in [6, 6.07) is -0.515. The van der Waals surface area contributed by atoms with E-state index in [0.717, 1.165) is 0 Å². The van der Waals surface area contributed by atoms with Gasteiger partial charge in [0.2, 0.25) is 11.9 Å². The molecule has 7 heteroatoms. The van der Waals surface area contributed by atoms with E-state index in [2.05, 4.69) is 20.8 Å². The van der Waals surface area contributed by atoms with Crippen molar-refractivity contribution in [2.24, 2.45) is 0 Å². The highest BCUT2D eigenvalue weighted by Gasteiger charge is 2.22. The smallest absolute Gasteiger partial charge is 0.245 e. The number of rotatable bonds is 2. The van der Waals surface area contributed by atoms with Crippen LogP contribution in [-0.2, 0) is 4.79 Å². The molecule has 1 heterocycles. The van der Waals surface area contributed by atoms with Crippen molar-refractivity contribution in [1.82, 2.24) is 25.5 Å². The first-order valence-corrected chi connectivity index (χ1v) is 4.66. The van der Waals surface area contributed by atoms with Crippen LogP contribution in [0.3, 0.4) is 0 Å². The van der Waals surface area contributed by atoms with Crippen molar-refractivity contribution in [2.75, 3.05) is 5.73 Å². The average molecular weight is 212 g/mol. The van der Waals surface area contributed by atoms with Gasteiger partial charge in [-0.1, -0.05) is 5.10 Å². The van der Waals surface area contributed by atoms with Gasteiger partial charge in [-0.3, -0.25) is 4.79 Å². The summed E-state index contributed by atoms with van der Waals surface area (Å²) in [6.45, 7) is 7.40. The van der Waals surface area contributed by atoms with Crippen molar-refractivity contribution in [1.29, 1.82) is 0 Å². The molecule has 1 rings (SSSR count). The normalized spacial score (nSPS) is 13.6. The molecule has 7 nitrogen and oxygen atoms in total. The van der Waals surface area contributed by atoms with Gasteiger partial charge in [-0.2, -0.15) is 4.68 Å². The fourth-order valence-electron chi connectivity index (χ4n) is 1.06. The second-order valence-corrected chi connectivity index (χ2v) is 4.40. The highest BCUT2D eigenvalue weighted by Crippen LogP contribution is 2.09. The molecule has 1 amide bonds. The summed E-state index contributed by atoms with van der Waals surface area (Å²) in [5, 5.41) is 13.4. The molecule has 1 unspecified atom stereocenters. The summed E-state index contributed by atoms with van der Waals surface area (Å²) in [4.78, 5) is 11.7. The number of hydrogen-bond donors (Lipinski definition) is 2. The van der Waals surface area contributed by atoms with Gasteiger partial charge in [-0.05, 0) is 38.1 Å². The number of hydrogen-bond acceptors (Lipinski definition) is 5. The molecule has 3 N–H and O–H groups in total. The average Bonchev–Trinajstić information content (AvgIpc) is 2.47. The predicted octanol–water partition coefficient (Wildman–Crippen LogP) is -0.269. The fraction of sp³-hybridized carbons (Fsp3) is 0.750. The van der Waals surface area contributed by atoms with Gasteiger partial charge in [0.15, 0.2) is 0 Å². The van der Waals surface area contributed by atoms with E-state index in [4.69, 9.17) is 5.73 Å². The number of nitrogen functional groups attached to an aromatic ring is 1. The van der Waals surface area contributed by atoms with E-state index in [1.165, 1.54) is 4.68 Å². The first-order valence-electron chi connectivity index (χ1n) is 4.66. The van der Waals surface area contributed by atoms with E-state index in [9.17, 15) is 4.79 Å². The number of tetrazole rings is 1. The van der Waals surface area contributed by atoms with Crippen molar-refractivity contribution < 1.29 is 4.79 Å². The largest absolute Gasteiger partial charge is 0.367 e. The Morgan fingerprint density at radius 2 is 2.13 bits per heavy atom. The molecule has 1 aromatic rings. The molecular weight excluding hydrogens is 196 g/mol. The standard InChI is InChI=1S/C8H16N6O/c1-5(6(15)10-8(2,3)4)14-7(9)11-12-13-14/h5H,1-4H3,(H,10,15)(H2,9,11,13). The Morgan fingerprint density at radius 1 is 1.53 bits per heavy atom. The number of nitrogens with two attached hydrogens (primary N) is 1. The van der Waals surface area contributed by atoms with Crippen LogP contribution in [0.25, 0.3) is 0 Å². The summed E-state index contributed by atoms with van der Waals surface area (Å²) in [5.41, 5.74) is 5.21. The van der Waals surface area contributed by atoms with E-state index in [-0.39, 0.29) is 17.4 Å². The van der Waals surface area contributed by atoms with Gasteiger partial charge in [-0.25, -0.2) is 0 Å². The molecule has 1 atom stereocenters. The van der Waals surface area contributed by atoms with Gasteiger partial charge in [0.25, 0.3) is 0 Å². The summed E-state index contributed by atoms with van der Waals surface area (Å²) in [7, 11) is 0. The van der Waals surface area contributed by atoms with Gasteiger partial charge in [-0.15, -0.1) is 0 Å². The van der Waals surface area contributed by atoms with Crippen LogP contribution in [-0.4, -0.2) is 31.7 Å². The molecule has 0 saturated heterocycles. The van der Waals surface area contributed by atoms with Crippen LogP contribution in [0.4, 0.5) is 5.95 Å². The Morgan fingerprint density at radius 3 is 2.53 bits per heavy atom. The fourth-order valence-corrected chi connectivity index (χ4v) is 1.06. The van der Waals surface area contributed by atoms with Gasteiger partial charge < -0.3 is 11.1 Å². The van der Waals surface area contributed by atoms with Crippen molar-refractivity contribution in [3.8, 4) is 0 Å². The van der Waals surface area contributed by atoms with Gasteiger partial charge in [0.05, 0.1) is 0 Å². The zero-order valence-corrected chi connectivity index (χ0v) is 9.35. The highest BCUT2D eigenvalue weighted by molar-refractivity contribution is 5.80. The van der Waals surface area contributed by atoms with Crippen LogP contribution >= 0.6 is 0 Å². The van der Waals surface area contributed by atoms with Gasteiger partial charge in [0, 0.05) is 5.54 Å². The first-order chi connectivity index (χ1) is 6.81. The maximum absolute atomic E-state index is 11.7. The molecule has 84 valence electrons. The Hall–Kier alpha value is -1.66. The van der Waals surface area contributed by atoms with Gasteiger partial charge >= 0.3 is 0 Å². The minimum absolute atomic E-state index is 0.131. The van der Waals surface area contributed by atoms with Crippen LogP contribution in [0.5, 0.6) is 0 Å². The maximum Gasteiger partial charge on any atom is 0.245 e. The SMILES string of the molecule is CC(C(=O)NC(C)(C)C)n1nnnc1N. The van der Waals surface area contributed by atoms with Crippen LogP contribution < -0.4 is 11.1 Å². The zero-order chi connectivity index (χ0) is 11.6. The highest BCUT2D eigenvalue weighted by atomic mass is 16.2. The van der Waals surface area contributed by atoms with Crippen molar-refractivity contribution in [3.05, 3.63) is 0 Å². The van der Waals surface area contributed by atoms with Crippen LogP contribution in [0, 0.1) is 0 Å². The number of anilines is 1. The third-order valence-electron chi connectivity index (χ3n) is 1.76. The van der Waals surface area contributed by atoms with Crippen molar-refractivity contribution in [2.45, 2.75) is 39.3 Å². The topological polar surface area (TPSA) is 98.7 Å². The maximum atomic E-state index is 11.7. The zero-order valence-electron chi connectivity index (χ0n) is 9.35. The third kappa shape index (κ3) is 2.90. The van der Waals surface area contributed by atoms with E-state index < -0.39 is 6.04 Å². The predicted molar refractivity (Wildman–Crippen MR) is 54.8 cm³/mol. The third-order valence-corrected chi connectivity index (χ3v) is 1.76. The summed E-state index contributed by atoms with van der Waals surface area (Å²) >= 11 is 0. The number of nitrogens with one attached hydrogen (secondary N) is 1. The van der Waals surface area contributed by atoms with Gasteiger partial charge in [0.1, 0.15) is 6.04 Å². The number of aromatic nitrogens is 4. The summed E-state index contributed by atoms with van der Waals surface area (Å²) in [6.07, 6.45) is 0. The van der Waals surface area contributed by atoms with Crippen LogP contribution in [0.15, 0.2) is 0 Å². The molecule has 0 spiro atoms. The Balaban J connectivity index is 2.74. The lowest BCUT2D eigenvalue weighted by Gasteiger charge is -2.23. The second-order valence-electron chi connectivity index (χ2n) is 4.40. The molecule has 0 radical (unpaired) electrons. The lowest BCUT2D eigenvalue weighted by Crippen LogP contribution is -2.44. The molecule has 0 aliphatic rings. The molecule has 0 bridgehead atoms. The molecule has 1 aromatic heterocycles. The molecule has 0 fully saturated rings. The Bertz CT molecular complexity index is 352. The second kappa shape index (κ2) is 3.84. The summed E-state index contributed by atoms with van der Waals surface area (Å²) < 4.78 is 1.28. The van der Waals surface area contributed by atoms with E-state index in [1.807, 2.05) is 20.8 Å². The minimum Gasteiger partial charge on any atom is -0.367 e. The molecule has 0 aliphatic carbocycles.